The van der Waals surface area contributed by atoms with E-state index in [4.69, 9.17) is 10.5 Å². The lowest BCUT2D eigenvalue weighted by Crippen LogP contribution is -2.28. The topological polar surface area (TPSA) is 81.4 Å². The normalized spacial score (nSPS) is 12.1. The number of fused-ring (bicyclic) bond motifs is 1. The smallest absolute Gasteiger partial charge is 0.242 e. The van der Waals surface area contributed by atoms with Crippen LogP contribution in [0.5, 0.6) is 0 Å². The Labute approximate surface area is 122 Å². The minimum atomic E-state index is -3.57. The van der Waals surface area contributed by atoms with Crippen LogP contribution in [0.1, 0.15) is 11.8 Å². The van der Waals surface area contributed by atoms with E-state index < -0.39 is 10.0 Å². The summed E-state index contributed by atoms with van der Waals surface area (Å²) in [6, 6.07) is 7.42. The zero-order valence-electron chi connectivity index (χ0n) is 11.3. The molecule has 5 nitrogen and oxygen atoms in total. The van der Waals surface area contributed by atoms with Crippen LogP contribution in [0.25, 0.3) is 10.1 Å². The number of ether oxygens (including phenoxy) is 1. The number of rotatable bonds is 7. The molecule has 0 unspecified atom stereocenters. The van der Waals surface area contributed by atoms with Gasteiger partial charge in [0.15, 0.2) is 0 Å². The van der Waals surface area contributed by atoms with Crippen molar-refractivity contribution in [2.75, 3.05) is 19.8 Å². The van der Waals surface area contributed by atoms with Crippen molar-refractivity contribution in [1.29, 1.82) is 0 Å². The monoisotopic (exact) mass is 314 g/mol. The summed E-state index contributed by atoms with van der Waals surface area (Å²) in [5, 5.41) is 0.724. The minimum Gasteiger partial charge on any atom is -0.380 e. The average Bonchev–Trinajstić information content (AvgIpc) is 2.83. The second-order valence-corrected chi connectivity index (χ2v) is 6.99. The summed E-state index contributed by atoms with van der Waals surface area (Å²) in [6.07, 6.45) is 0. The van der Waals surface area contributed by atoms with Gasteiger partial charge in [0.25, 0.3) is 0 Å². The fraction of sp³-hybridized carbons (Fsp3) is 0.385. The molecule has 1 aromatic heterocycles. The summed E-state index contributed by atoms with van der Waals surface area (Å²) in [6.45, 7) is 3.26. The predicted molar refractivity (Wildman–Crippen MR) is 81.4 cm³/mol. The molecule has 0 fully saturated rings. The number of hydrogen-bond acceptors (Lipinski definition) is 5. The fourth-order valence-corrected chi connectivity index (χ4v) is 4.81. The number of sulfonamides is 1. The van der Waals surface area contributed by atoms with Crippen LogP contribution >= 0.6 is 11.3 Å². The number of hydrogen-bond donors (Lipinski definition) is 2. The Kier molecular flexibility index (Phi) is 5.11. The highest BCUT2D eigenvalue weighted by Crippen LogP contribution is 2.34. The summed E-state index contributed by atoms with van der Waals surface area (Å²) in [4.78, 5) is 0.979. The van der Waals surface area contributed by atoms with Gasteiger partial charge in [-0.25, -0.2) is 13.1 Å². The molecule has 0 amide bonds. The first-order chi connectivity index (χ1) is 9.60. The zero-order valence-corrected chi connectivity index (χ0v) is 12.9. The molecule has 0 aliphatic carbocycles. The Bertz CT molecular complexity index is 680. The first kappa shape index (κ1) is 15.4. The Morgan fingerprint density at radius 1 is 1.35 bits per heavy atom. The third kappa shape index (κ3) is 3.18. The van der Waals surface area contributed by atoms with Crippen LogP contribution in [0, 0.1) is 0 Å². The van der Waals surface area contributed by atoms with Crippen molar-refractivity contribution in [1.82, 2.24) is 4.72 Å². The molecule has 0 atom stereocenters. The van der Waals surface area contributed by atoms with Crippen molar-refractivity contribution in [2.45, 2.75) is 18.4 Å². The van der Waals surface area contributed by atoms with Crippen LogP contribution in [0.4, 0.5) is 0 Å². The third-order valence-electron chi connectivity index (χ3n) is 2.81. The summed E-state index contributed by atoms with van der Waals surface area (Å²) < 4.78 is 33.5. The SMILES string of the molecule is CCOCCNS(=O)(=O)c1c(CN)sc2ccccc12. The molecular weight excluding hydrogens is 296 g/mol. The maximum atomic E-state index is 12.4. The molecule has 20 heavy (non-hydrogen) atoms. The molecule has 0 aliphatic rings. The number of thiophene rings is 1. The molecule has 110 valence electrons. The highest BCUT2D eigenvalue weighted by atomic mass is 32.2. The zero-order chi connectivity index (χ0) is 14.6. The molecule has 0 saturated heterocycles. The average molecular weight is 314 g/mol. The van der Waals surface area contributed by atoms with Gasteiger partial charge < -0.3 is 10.5 Å². The number of nitrogens with one attached hydrogen (secondary N) is 1. The van der Waals surface area contributed by atoms with Crippen LogP contribution in [0.15, 0.2) is 29.2 Å². The fourth-order valence-electron chi connectivity index (χ4n) is 1.97. The summed E-state index contributed by atoms with van der Waals surface area (Å²) in [7, 11) is -3.57. The lowest BCUT2D eigenvalue weighted by Gasteiger charge is -2.08. The van der Waals surface area contributed by atoms with E-state index in [-0.39, 0.29) is 13.1 Å². The Hall–Kier alpha value is -0.990. The minimum absolute atomic E-state index is 0.209. The maximum absolute atomic E-state index is 12.4. The van der Waals surface area contributed by atoms with Crippen LogP contribution in [0.2, 0.25) is 0 Å². The highest BCUT2D eigenvalue weighted by Gasteiger charge is 2.23. The summed E-state index contributed by atoms with van der Waals surface area (Å²) in [5.74, 6) is 0. The molecule has 0 spiro atoms. The maximum Gasteiger partial charge on any atom is 0.242 e. The van der Waals surface area contributed by atoms with E-state index in [1.807, 2.05) is 31.2 Å². The van der Waals surface area contributed by atoms with Gasteiger partial charge in [0.1, 0.15) is 4.90 Å². The molecule has 2 aromatic rings. The van der Waals surface area contributed by atoms with E-state index in [0.29, 0.717) is 23.0 Å². The van der Waals surface area contributed by atoms with Crippen molar-refractivity contribution in [3.8, 4) is 0 Å². The number of nitrogens with two attached hydrogens (primary N) is 1. The summed E-state index contributed by atoms with van der Waals surface area (Å²) >= 11 is 1.42. The van der Waals surface area contributed by atoms with E-state index in [1.54, 1.807) is 0 Å². The van der Waals surface area contributed by atoms with Crippen LogP contribution in [0.3, 0.4) is 0 Å². The lowest BCUT2D eigenvalue weighted by atomic mass is 10.2. The van der Waals surface area contributed by atoms with Gasteiger partial charge in [0, 0.05) is 34.7 Å². The molecule has 2 rings (SSSR count). The van der Waals surface area contributed by atoms with Crippen LogP contribution < -0.4 is 10.5 Å². The molecule has 1 heterocycles. The Balaban J connectivity index is 2.35. The Morgan fingerprint density at radius 2 is 2.10 bits per heavy atom. The van der Waals surface area contributed by atoms with E-state index in [1.165, 1.54) is 11.3 Å². The first-order valence-corrected chi connectivity index (χ1v) is 8.68. The van der Waals surface area contributed by atoms with Gasteiger partial charge in [0.05, 0.1) is 6.61 Å². The molecule has 0 aliphatic heterocycles. The van der Waals surface area contributed by atoms with Gasteiger partial charge >= 0.3 is 0 Å². The third-order valence-corrected chi connectivity index (χ3v) is 5.73. The molecule has 0 radical (unpaired) electrons. The van der Waals surface area contributed by atoms with Crippen LogP contribution in [-0.2, 0) is 21.3 Å². The molecule has 0 bridgehead atoms. The van der Waals surface area contributed by atoms with Gasteiger partial charge in [-0.05, 0) is 13.0 Å². The van der Waals surface area contributed by atoms with Crippen molar-refractivity contribution in [3.63, 3.8) is 0 Å². The van der Waals surface area contributed by atoms with E-state index in [9.17, 15) is 8.42 Å². The standard InChI is InChI=1S/C13H18N2O3S2/c1-2-18-8-7-15-20(16,17)13-10-5-3-4-6-11(10)19-12(13)9-14/h3-6,15H,2,7-9,14H2,1H3. The second-order valence-electron chi connectivity index (χ2n) is 4.15. The number of benzene rings is 1. The van der Waals surface area contributed by atoms with Crippen molar-refractivity contribution in [2.24, 2.45) is 5.73 Å². The largest absolute Gasteiger partial charge is 0.380 e. The quantitative estimate of drug-likeness (QED) is 0.762. The van der Waals surface area contributed by atoms with E-state index >= 15 is 0 Å². The molecule has 3 N–H and O–H groups in total. The molecule has 7 heteroatoms. The Morgan fingerprint density at radius 3 is 2.80 bits per heavy atom. The van der Waals surface area contributed by atoms with Gasteiger partial charge in [-0.1, -0.05) is 18.2 Å². The van der Waals surface area contributed by atoms with Gasteiger partial charge in [-0.15, -0.1) is 11.3 Å². The van der Waals surface area contributed by atoms with Crippen molar-refractivity contribution < 1.29 is 13.2 Å². The molecule has 0 saturated carbocycles. The predicted octanol–water partition coefficient (Wildman–Crippen LogP) is 1.67. The molecule has 1 aromatic carbocycles. The van der Waals surface area contributed by atoms with Crippen molar-refractivity contribution >= 4 is 31.4 Å². The van der Waals surface area contributed by atoms with Crippen molar-refractivity contribution in [3.05, 3.63) is 29.1 Å². The van der Waals surface area contributed by atoms with E-state index in [0.717, 1.165) is 10.1 Å². The van der Waals surface area contributed by atoms with Gasteiger partial charge in [-0.2, -0.15) is 0 Å². The molecular formula is C13H18N2O3S2. The lowest BCUT2D eigenvalue weighted by molar-refractivity contribution is 0.153. The van der Waals surface area contributed by atoms with Gasteiger partial charge in [-0.3, -0.25) is 0 Å². The van der Waals surface area contributed by atoms with E-state index in [2.05, 4.69) is 4.72 Å². The first-order valence-electron chi connectivity index (χ1n) is 6.38. The highest BCUT2D eigenvalue weighted by molar-refractivity contribution is 7.90. The van der Waals surface area contributed by atoms with Gasteiger partial charge in [0.2, 0.25) is 10.0 Å². The van der Waals surface area contributed by atoms with Crippen LogP contribution in [-0.4, -0.2) is 28.2 Å². The second kappa shape index (κ2) is 6.64. The summed E-state index contributed by atoms with van der Waals surface area (Å²) in [5.41, 5.74) is 5.68.